The molecule has 0 atom stereocenters. The molecule has 0 unspecified atom stereocenters. The number of nitrogens with zero attached hydrogens (tertiary/aromatic N) is 3. The average Bonchev–Trinajstić information content (AvgIpc) is 2.91. The topological polar surface area (TPSA) is 76.9 Å². The van der Waals surface area contributed by atoms with Crippen molar-refractivity contribution in [2.45, 2.75) is 25.3 Å². The minimum absolute atomic E-state index is 0.0646. The maximum atomic E-state index is 13.2. The van der Waals surface area contributed by atoms with E-state index in [1.54, 1.807) is 16.8 Å². The lowest BCUT2D eigenvalue weighted by molar-refractivity contribution is 0.561. The zero-order valence-electron chi connectivity index (χ0n) is 14.1. The summed E-state index contributed by atoms with van der Waals surface area (Å²) in [4.78, 5) is 3.80. The van der Waals surface area contributed by atoms with Gasteiger partial charge in [-0.2, -0.15) is 5.10 Å². The van der Waals surface area contributed by atoms with Crippen molar-refractivity contribution in [3.05, 3.63) is 71.2 Å². The number of benzene rings is 1. The van der Waals surface area contributed by atoms with Gasteiger partial charge in [-0.15, -0.1) is 0 Å². The third-order valence-corrected chi connectivity index (χ3v) is 5.03. The normalized spacial score (nSPS) is 11.7. The van der Waals surface area contributed by atoms with Crippen LogP contribution in [-0.4, -0.2) is 23.2 Å². The van der Waals surface area contributed by atoms with Crippen LogP contribution >= 0.6 is 0 Å². The molecule has 1 N–H and O–H groups in total. The molecular formula is C17H16F2N4O2S. The Balaban J connectivity index is 1.74. The molecule has 136 valence electrons. The molecule has 0 radical (unpaired) electrons. The highest BCUT2D eigenvalue weighted by Crippen LogP contribution is 2.15. The SMILES string of the molecule is Cc1cc(C)n(-c2ccc(CNS(=O)(=O)c3cc(F)cc(F)c3)cn2)n1. The van der Waals surface area contributed by atoms with Gasteiger partial charge in [-0.25, -0.2) is 31.6 Å². The van der Waals surface area contributed by atoms with E-state index in [4.69, 9.17) is 0 Å². The summed E-state index contributed by atoms with van der Waals surface area (Å²) >= 11 is 0. The third kappa shape index (κ3) is 3.94. The summed E-state index contributed by atoms with van der Waals surface area (Å²) in [6, 6.07) is 7.46. The molecule has 0 amide bonds. The monoisotopic (exact) mass is 378 g/mol. The molecule has 0 aliphatic rings. The van der Waals surface area contributed by atoms with Crippen molar-refractivity contribution in [1.82, 2.24) is 19.5 Å². The molecule has 3 aromatic rings. The molecule has 0 aliphatic heterocycles. The van der Waals surface area contributed by atoms with Crippen LogP contribution in [-0.2, 0) is 16.6 Å². The smallest absolute Gasteiger partial charge is 0.237 e. The molecule has 0 bridgehead atoms. The lowest BCUT2D eigenvalue weighted by Gasteiger charge is -2.08. The maximum absolute atomic E-state index is 13.2. The second kappa shape index (κ2) is 6.93. The van der Waals surface area contributed by atoms with Crippen molar-refractivity contribution in [2.24, 2.45) is 0 Å². The zero-order valence-corrected chi connectivity index (χ0v) is 14.9. The largest absolute Gasteiger partial charge is 0.241 e. The first-order valence-corrected chi connectivity index (χ1v) is 9.17. The summed E-state index contributed by atoms with van der Waals surface area (Å²) in [6.45, 7) is 3.72. The first-order chi connectivity index (χ1) is 12.2. The quantitative estimate of drug-likeness (QED) is 0.741. The molecule has 26 heavy (non-hydrogen) atoms. The Morgan fingerprint density at radius 3 is 2.31 bits per heavy atom. The molecule has 0 spiro atoms. The summed E-state index contributed by atoms with van der Waals surface area (Å²) in [5.41, 5.74) is 2.38. The molecule has 9 heteroatoms. The first kappa shape index (κ1) is 18.2. The highest BCUT2D eigenvalue weighted by molar-refractivity contribution is 7.89. The van der Waals surface area contributed by atoms with Gasteiger partial charge < -0.3 is 0 Å². The minimum atomic E-state index is -4.04. The van der Waals surface area contributed by atoms with Crippen LogP contribution in [0.15, 0.2) is 47.5 Å². The Bertz CT molecular complexity index is 1030. The molecule has 0 saturated heterocycles. The average molecular weight is 378 g/mol. The van der Waals surface area contributed by atoms with Crippen LogP contribution in [0.1, 0.15) is 17.0 Å². The fourth-order valence-corrected chi connectivity index (χ4v) is 3.51. The number of sulfonamides is 1. The Morgan fingerprint density at radius 2 is 1.77 bits per heavy atom. The van der Waals surface area contributed by atoms with E-state index < -0.39 is 26.6 Å². The highest BCUT2D eigenvalue weighted by atomic mass is 32.2. The van der Waals surface area contributed by atoms with E-state index in [-0.39, 0.29) is 6.54 Å². The van der Waals surface area contributed by atoms with E-state index in [0.717, 1.165) is 23.5 Å². The third-order valence-electron chi connectivity index (χ3n) is 3.65. The lowest BCUT2D eigenvalue weighted by atomic mass is 10.3. The van der Waals surface area contributed by atoms with Gasteiger partial charge in [-0.1, -0.05) is 6.07 Å². The van der Waals surface area contributed by atoms with Crippen molar-refractivity contribution >= 4 is 10.0 Å². The number of halogens is 2. The Kier molecular flexibility index (Phi) is 4.84. The molecule has 0 fully saturated rings. The van der Waals surface area contributed by atoms with E-state index >= 15 is 0 Å². The van der Waals surface area contributed by atoms with E-state index in [2.05, 4.69) is 14.8 Å². The van der Waals surface area contributed by atoms with Crippen LogP contribution in [0, 0.1) is 25.5 Å². The standard InChI is InChI=1S/C17H16F2N4O2S/c1-11-5-12(2)23(22-11)17-4-3-13(9-20-17)10-21-26(24,25)16-7-14(18)6-15(19)8-16/h3-9,21H,10H2,1-2H3. The van der Waals surface area contributed by atoms with Crippen molar-refractivity contribution in [3.8, 4) is 5.82 Å². The summed E-state index contributed by atoms with van der Waals surface area (Å²) in [6.07, 6.45) is 1.51. The van der Waals surface area contributed by atoms with E-state index in [1.807, 2.05) is 19.9 Å². The van der Waals surface area contributed by atoms with Gasteiger partial charge in [0.2, 0.25) is 10.0 Å². The lowest BCUT2D eigenvalue weighted by Crippen LogP contribution is -2.23. The number of nitrogens with one attached hydrogen (secondary N) is 1. The fraction of sp³-hybridized carbons (Fsp3) is 0.176. The van der Waals surface area contributed by atoms with Gasteiger partial charge in [0.05, 0.1) is 10.6 Å². The second-order valence-corrected chi connectivity index (χ2v) is 7.56. The number of aromatic nitrogens is 3. The Labute approximate surface area is 149 Å². The summed E-state index contributed by atoms with van der Waals surface area (Å²) < 4.78 is 54.7. The second-order valence-electron chi connectivity index (χ2n) is 5.79. The number of rotatable bonds is 5. The molecule has 0 aliphatic carbocycles. The summed E-state index contributed by atoms with van der Waals surface area (Å²) in [5, 5.41) is 4.32. The van der Waals surface area contributed by atoms with Crippen LogP contribution in [0.4, 0.5) is 8.78 Å². The first-order valence-electron chi connectivity index (χ1n) is 7.69. The molecule has 2 heterocycles. The summed E-state index contributed by atoms with van der Waals surface area (Å²) in [7, 11) is -4.04. The van der Waals surface area contributed by atoms with Gasteiger partial charge in [-0.3, -0.25) is 0 Å². The summed E-state index contributed by atoms with van der Waals surface area (Å²) in [5.74, 6) is -1.31. The van der Waals surface area contributed by atoms with Gasteiger partial charge in [-0.05, 0) is 43.7 Å². The van der Waals surface area contributed by atoms with Crippen LogP contribution in [0.25, 0.3) is 5.82 Å². The Hall–Kier alpha value is -2.65. The zero-order chi connectivity index (χ0) is 18.9. The van der Waals surface area contributed by atoms with E-state index in [9.17, 15) is 17.2 Å². The van der Waals surface area contributed by atoms with Gasteiger partial charge in [0.25, 0.3) is 0 Å². The van der Waals surface area contributed by atoms with E-state index in [0.29, 0.717) is 17.4 Å². The predicted molar refractivity (Wildman–Crippen MR) is 91.2 cm³/mol. The van der Waals surface area contributed by atoms with Gasteiger partial charge >= 0.3 is 0 Å². The van der Waals surface area contributed by atoms with Gasteiger partial charge in [0.15, 0.2) is 5.82 Å². The number of aryl methyl sites for hydroxylation is 2. The molecule has 6 nitrogen and oxygen atoms in total. The molecule has 3 rings (SSSR count). The van der Waals surface area contributed by atoms with Crippen molar-refractivity contribution in [2.75, 3.05) is 0 Å². The number of hydrogen-bond acceptors (Lipinski definition) is 4. The van der Waals surface area contributed by atoms with Crippen LogP contribution in [0.3, 0.4) is 0 Å². The molecular weight excluding hydrogens is 362 g/mol. The van der Waals surface area contributed by atoms with Crippen LogP contribution in [0.5, 0.6) is 0 Å². The van der Waals surface area contributed by atoms with E-state index in [1.165, 1.54) is 6.20 Å². The fourth-order valence-electron chi connectivity index (χ4n) is 2.45. The van der Waals surface area contributed by atoms with Crippen LogP contribution < -0.4 is 4.72 Å². The molecule has 0 saturated carbocycles. The number of pyridine rings is 1. The van der Waals surface area contributed by atoms with Crippen molar-refractivity contribution in [3.63, 3.8) is 0 Å². The van der Waals surface area contributed by atoms with Gasteiger partial charge in [0, 0.05) is 24.5 Å². The number of hydrogen-bond donors (Lipinski definition) is 1. The maximum Gasteiger partial charge on any atom is 0.241 e. The Morgan fingerprint density at radius 1 is 1.08 bits per heavy atom. The van der Waals surface area contributed by atoms with Crippen molar-refractivity contribution < 1.29 is 17.2 Å². The highest BCUT2D eigenvalue weighted by Gasteiger charge is 2.16. The minimum Gasteiger partial charge on any atom is -0.237 e. The predicted octanol–water partition coefficient (Wildman–Crippen LogP) is 2.64. The van der Waals surface area contributed by atoms with Crippen molar-refractivity contribution in [1.29, 1.82) is 0 Å². The molecule has 2 aromatic heterocycles. The van der Waals surface area contributed by atoms with Gasteiger partial charge in [0.1, 0.15) is 11.6 Å². The molecule has 1 aromatic carbocycles. The van der Waals surface area contributed by atoms with Crippen LogP contribution in [0.2, 0.25) is 0 Å².